The van der Waals surface area contributed by atoms with Crippen LogP contribution in [-0.4, -0.2) is 39.4 Å². The molecule has 1 rings (SSSR count). The van der Waals surface area contributed by atoms with E-state index in [-0.39, 0.29) is 24.0 Å². The summed E-state index contributed by atoms with van der Waals surface area (Å²) in [6, 6.07) is 7.96. The molecule has 0 fully saturated rings. The largest absolute Gasteiger partial charge is 0.497 e. The standard InChI is InChI=1S/C16H27N3O2.HI/c1-4-17-16(18-10-7-11-21-5-2)19-13-14-8-6-9-15(12-14)20-3;/h6,8-9,12H,4-5,7,10-11,13H2,1-3H3,(H2,17,18,19);1H. The van der Waals surface area contributed by atoms with E-state index < -0.39 is 0 Å². The van der Waals surface area contributed by atoms with E-state index in [9.17, 15) is 0 Å². The summed E-state index contributed by atoms with van der Waals surface area (Å²) in [4.78, 5) is 4.57. The molecule has 126 valence electrons. The van der Waals surface area contributed by atoms with Crippen LogP contribution in [0.25, 0.3) is 0 Å². The lowest BCUT2D eigenvalue weighted by Crippen LogP contribution is -2.38. The summed E-state index contributed by atoms with van der Waals surface area (Å²) in [7, 11) is 1.67. The van der Waals surface area contributed by atoms with Gasteiger partial charge in [-0.25, -0.2) is 4.99 Å². The van der Waals surface area contributed by atoms with Crippen LogP contribution >= 0.6 is 24.0 Å². The predicted octanol–water partition coefficient (Wildman–Crippen LogP) is 2.79. The molecule has 1 aromatic rings. The molecule has 0 spiro atoms. The first kappa shape index (κ1) is 21.0. The lowest BCUT2D eigenvalue weighted by Gasteiger charge is -2.11. The van der Waals surface area contributed by atoms with Crippen molar-refractivity contribution in [3.05, 3.63) is 29.8 Å². The summed E-state index contributed by atoms with van der Waals surface area (Å²) in [5.41, 5.74) is 1.13. The predicted molar refractivity (Wildman–Crippen MR) is 102 cm³/mol. The highest BCUT2D eigenvalue weighted by Gasteiger charge is 1.98. The molecule has 0 bridgehead atoms. The molecule has 0 saturated carbocycles. The van der Waals surface area contributed by atoms with Crippen LogP contribution in [0.2, 0.25) is 0 Å². The maximum absolute atomic E-state index is 5.32. The van der Waals surface area contributed by atoms with E-state index in [1.807, 2.05) is 31.2 Å². The van der Waals surface area contributed by atoms with E-state index >= 15 is 0 Å². The van der Waals surface area contributed by atoms with E-state index in [1.54, 1.807) is 7.11 Å². The number of hydrogen-bond acceptors (Lipinski definition) is 3. The van der Waals surface area contributed by atoms with Crippen molar-refractivity contribution < 1.29 is 9.47 Å². The van der Waals surface area contributed by atoms with Crippen molar-refractivity contribution >= 4 is 29.9 Å². The second-order valence-electron chi connectivity index (χ2n) is 4.52. The van der Waals surface area contributed by atoms with Gasteiger partial charge in [0, 0.05) is 26.3 Å². The van der Waals surface area contributed by atoms with Crippen LogP contribution in [0, 0.1) is 0 Å². The molecule has 0 aliphatic heterocycles. The normalized spacial score (nSPS) is 10.8. The number of ether oxygens (including phenoxy) is 2. The Balaban J connectivity index is 0.00000441. The Bertz CT molecular complexity index is 428. The van der Waals surface area contributed by atoms with Gasteiger partial charge < -0.3 is 20.1 Å². The van der Waals surface area contributed by atoms with Gasteiger partial charge in [-0.3, -0.25) is 0 Å². The van der Waals surface area contributed by atoms with Gasteiger partial charge >= 0.3 is 0 Å². The maximum atomic E-state index is 5.32. The molecule has 0 amide bonds. The average molecular weight is 421 g/mol. The molecule has 2 N–H and O–H groups in total. The Hall–Kier alpha value is -1.02. The van der Waals surface area contributed by atoms with Gasteiger partial charge in [0.1, 0.15) is 5.75 Å². The van der Waals surface area contributed by atoms with Crippen LogP contribution in [-0.2, 0) is 11.3 Å². The maximum Gasteiger partial charge on any atom is 0.191 e. The van der Waals surface area contributed by atoms with Crippen LogP contribution in [0.4, 0.5) is 0 Å². The smallest absolute Gasteiger partial charge is 0.191 e. The first-order valence-electron chi connectivity index (χ1n) is 7.53. The van der Waals surface area contributed by atoms with Gasteiger partial charge in [0.25, 0.3) is 0 Å². The third-order valence-corrected chi connectivity index (χ3v) is 2.86. The number of hydrogen-bond donors (Lipinski definition) is 2. The van der Waals surface area contributed by atoms with Gasteiger partial charge in [-0.15, -0.1) is 24.0 Å². The number of nitrogens with zero attached hydrogens (tertiary/aromatic N) is 1. The molecule has 0 atom stereocenters. The van der Waals surface area contributed by atoms with Crippen molar-refractivity contribution in [3.63, 3.8) is 0 Å². The number of methoxy groups -OCH3 is 1. The molecule has 0 unspecified atom stereocenters. The number of aliphatic imine (C=N–C) groups is 1. The first-order valence-corrected chi connectivity index (χ1v) is 7.53. The number of rotatable bonds is 9. The van der Waals surface area contributed by atoms with E-state index in [4.69, 9.17) is 9.47 Å². The molecule has 0 aliphatic rings. The van der Waals surface area contributed by atoms with Crippen LogP contribution < -0.4 is 15.4 Å². The molecule has 22 heavy (non-hydrogen) atoms. The van der Waals surface area contributed by atoms with Crippen molar-refractivity contribution in [2.24, 2.45) is 4.99 Å². The Morgan fingerprint density at radius 1 is 1.23 bits per heavy atom. The molecule has 0 aromatic heterocycles. The fourth-order valence-electron chi connectivity index (χ4n) is 1.81. The van der Waals surface area contributed by atoms with Crippen molar-refractivity contribution in [1.29, 1.82) is 0 Å². The topological polar surface area (TPSA) is 54.9 Å². The molecule has 0 heterocycles. The molecule has 6 heteroatoms. The lowest BCUT2D eigenvalue weighted by atomic mass is 10.2. The summed E-state index contributed by atoms with van der Waals surface area (Å²) in [6.45, 7) is 7.93. The monoisotopic (exact) mass is 421 g/mol. The highest BCUT2D eigenvalue weighted by atomic mass is 127. The zero-order chi connectivity index (χ0) is 15.3. The lowest BCUT2D eigenvalue weighted by molar-refractivity contribution is 0.145. The fraction of sp³-hybridized carbons (Fsp3) is 0.562. The molecular formula is C16H28IN3O2. The van der Waals surface area contributed by atoms with Gasteiger partial charge in [-0.05, 0) is 38.0 Å². The SMILES string of the molecule is CCNC(=NCc1cccc(OC)c1)NCCCOCC.I. The summed E-state index contributed by atoms with van der Waals surface area (Å²) in [5, 5.41) is 6.55. The summed E-state index contributed by atoms with van der Waals surface area (Å²) in [5.74, 6) is 1.69. The number of guanidine groups is 1. The third kappa shape index (κ3) is 9.09. The van der Waals surface area contributed by atoms with Crippen molar-refractivity contribution in [2.75, 3.05) is 33.4 Å². The molecule has 0 saturated heterocycles. The number of halogens is 1. The van der Waals surface area contributed by atoms with Gasteiger partial charge in [-0.1, -0.05) is 12.1 Å². The van der Waals surface area contributed by atoms with Crippen molar-refractivity contribution in [1.82, 2.24) is 10.6 Å². The molecule has 1 aromatic carbocycles. The van der Waals surface area contributed by atoms with Crippen LogP contribution in [0.1, 0.15) is 25.8 Å². The van der Waals surface area contributed by atoms with E-state index in [0.29, 0.717) is 6.54 Å². The first-order chi connectivity index (χ1) is 10.3. The van der Waals surface area contributed by atoms with Gasteiger partial charge in [0.05, 0.1) is 13.7 Å². The minimum Gasteiger partial charge on any atom is -0.497 e. The Morgan fingerprint density at radius 3 is 2.73 bits per heavy atom. The van der Waals surface area contributed by atoms with Gasteiger partial charge in [-0.2, -0.15) is 0 Å². The van der Waals surface area contributed by atoms with Crippen molar-refractivity contribution in [3.8, 4) is 5.75 Å². The number of benzene rings is 1. The second kappa shape index (κ2) is 13.6. The summed E-state index contributed by atoms with van der Waals surface area (Å²) in [6.07, 6.45) is 0.970. The molecule has 0 radical (unpaired) electrons. The van der Waals surface area contributed by atoms with E-state index in [1.165, 1.54) is 0 Å². The number of nitrogens with one attached hydrogen (secondary N) is 2. The third-order valence-electron chi connectivity index (χ3n) is 2.86. The van der Waals surface area contributed by atoms with E-state index in [0.717, 1.165) is 50.0 Å². The zero-order valence-corrected chi connectivity index (χ0v) is 16.1. The Labute approximate surface area is 150 Å². The molecule has 0 aliphatic carbocycles. The quantitative estimate of drug-likeness (QED) is 0.279. The summed E-state index contributed by atoms with van der Waals surface area (Å²) < 4.78 is 10.5. The second-order valence-corrected chi connectivity index (χ2v) is 4.52. The Morgan fingerprint density at radius 2 is 2.05 bits per heavy atom. The van der Waals surface area contributed by atoms with Crippen LogP contribution in [0.3, 0.4) is 0 Å². The van der Waals surface area contributed by atoms with Crippen LogP contribution in [0.15, 0.2) is 29.3 Å². The minimum atomic E-state index is 0. The average Bonchev–Trinajstić information content (AvgIpc) is 2.52. The fourth-order valence-corrected chi connectivity index (χ4v) is 1.81. The van der Waals surface area contributed by atoms with Crippen LogP contribution in [0.5, 0.6) is 5.75 Å². The molecular weight excluding hydrogens is 393 g/mol. The molecule has 5 nitrogen and oxygen atoms in total. The zero-order valence-electron chi connectivity index (χ0n) is 13.7. The van der Waals surface area contributed by atoms with Crippen molar-refractivity contribution in [2.45, 2.75) is 26.8 Å². The minimum absolute atomic E-state index is 0. The Kier molecular flexibility index (Phi) is 13.0. The highest BCUT2D eigenvalue weighted by molar-refractivity contribution is 14.0. The van der Waals surface area contributed by atoms with Gasteiger partial charge in [0.15, 0.2) is 5.96 Å². The van der Waals surface area contributed by atoms with Gasteiger partial charge in [0.2, 0.25) is 0 Å². The summed E-state index contributed by atoms with van der Waals surface area (Å²) >= 11 is 0. The van der Waals surface area contributed by atoms with E-state index in [2.05, 4.69) is 22.5 Å². The highest BCUT2D eigenvalue weighted by Crippen LogP contribution is 2.12.